The van der Waals surface area contributed by atoms with Crippen LogP contribution in [0.1, 0.15) is 12.0 Å². The number of halogens is 2. The summed E-state index contributed by atoms with van der Waals surface area (Å²) < 4.78 is 11.4. The van der Waals surface area contributed by atoms with Gasteiger partial charge in [-0.1, -0.05) is 11.6 Å². The van der Waals surface area contributed by atoms with E-state index < -0.39 is 0 Å². The molecule has 3 rings (SSSR count). The Labute approximate surface area is 159 Å². The number of carbonyl (C=O) groups excluding carboxylic acids is 1. The lowest BCUT2D eigenvalue weighted by atomic mass is 10.2. The van der Waals surface area contributed by atoms with Crippen LogP contribution in [0.3, 0.4) is 0 Å². The molecule has 140 valence electrons. The highest BCUT2D eigenvalue weighted by Crippen LogP contribution is 2.38. The number of carbonyl (C=O) groups is 1. The molecule has 0 radical (unpaired) electrons. The Morgan fingerprint density at radius 3 is 2.76 bits per heavy atom. The van der Waals surface area contributed by atoms with Crippen LogP contribution in [-0.4, -0.2) is 68.7 Å². The maximum absolute atomic E-state index is 12.3. The first kappa shape index (κ1) is 20.1. The van der Waals surface area contributed by atoms with Crippen LogP contribution >= 0.6 is 24.0 Å². The number of hydrogen-bond donors (Lipinski definition) is 1. The van der Waals surface area contributed by atoms with Gasteiger partial charge >= 0.3 is 0 Å². The third-order valence-corrected chi connectivity index (χ3v) is 4.47. The Hall–Kier alpha value is -1.21. The zero-order valence-corrected chi connectivity index (χ0v) is 16.0. The van der Waals surface area contributed by atoms with Crippen molar-refractivity contribution >= 4 is 29.9 Å². The second kappa shape index (κ2) is 9.48. The van der Waals surface area contributed by atoms with Crippen LogP contribution in [-0.2, 0) is 11.3 Å². The summed E-state index contributed by atoms with van der Waals surface area (Å²) in [5, 5.41) is 3.82. The van der Waals surface area contributed by atoms with E-state index in [1.165, 1.54) is 0 Å². The van der Waals surface area contributed by atoms with Gasteiger partial charge < -0.3 is 19.7 Å². The minimum atomic E-state index is 0. The smallest absolute Gasteiger partial charge is 0.236 e. The van der Waals surface area contributed by atoms with Crippen molar-refractivity contribution in [2.45, 2.75) is 13.0 Å². The predicted molar refractivity (Wildman–Crippen MR) is 100 cm³/mol. The number of ether oxygens (including phenoxy) is 2. The van der Waals surface area contributed by atoms with E-state index in [1.54, 1.807) is 0 Å². The SMILES string of the molecule is CN(CC(=O)N1CCNCC1)Cc1cc(Cl)c2c(c1)OCCCO2.Cl. The molecular formula is C17H25Cl2N3O3. The first-order valence-corrected chi connectivity index (χ1v) is 8.76. The molecule has 1 amide bonds. The Balaban J connectivity index is 0.00000225. The minimum Gasteiger partial charge on any atom is -0.489 e. The van der Waals surface area contributed by atoms with Gasteiger partial charge in [-0.15, -0.1) is 12.4 Å². The van der Waals surface area contributed by atoms with E-state index in [0.717, 1.165) is 38.2 Å². The first-order chi connectivity index (χ1) is 11.6. The molecule has 0 atom stereocenters. The molecule has 6 nitrogen and oxygen atoms in total. The van der Waals surface area contributed by atoms with E-state index >= 15 is 0 Å². The molecule has 2 aliphatic rings. The number of amides is 1. The van der Waals surface area contributed by atoms with Gasteiger partial charge in [0.2, 0.25) is 5.91 Å². The molecule has 2 aliphatic heterocycles. The Morgan fingerprint density at radius 1 is 1.28 bits per heavy atom. The molecule has 1 fully saturated rings. The van der Waals surface area contributed by atoms with Gasteiger partial charge in [-0.25, -0.2) is 0 Å². The van der Waals surface area contributed by atoms with Crippen molar-refractivity contribution in [3.8, 4) is 11.5 Å². The standard InChI is InChI=1S/C17H24ClN3O3.ClH/c1-20(12-16(22)21-5-3-19-4-6-21)11-13-9-14(18)17-15(10-13)23-7-2-8-24-17;/h9-10,19H,2-8,11-12H2,1H3;1H. The highest BCUT2D eigenvalue weighted by atomic mass is 35.5. The molecule has 0 saturated carbocycles. The van der Waals surface area contributed by atoms with Crippen molar-refractivity contribution in [1.82, 2.24) is 15.1 Å². The summed E-state index contributed by atoms with van der Waals surface area (Å²) >= 11 is 6.33. The summed E-state index contributed by atoms with van der Waals surface area (Å²) in [4.78, 5) is 16.2. The van der Waals surface area contributed by atoms with Crippen LogP contribution in [0.25, 0.3) is 0 Å². The van der Waals surface area contributed by atoms with E-state index in [-0.39, 0.29) is 18.3 Å². The zero-order valence-electron chi connectivity index (χ0n) is 14.4. The summed E-state index contributed by atoms with van der Waals surface area (Å²) in [5.41, 5.74) is 1.01. The monoisotopic (exact) mass is 389 g/mol. The van der Waals surface area contributed by atoms with Crippen molar-refractivity contribution < 1.29 is 14.3 Å². The first-order valence-electron chi connectivity index (χ1n) is 8.38. The van der Waals surface area contributed by atoms with Crippen molar-refractivity contribution in [3.63, 3.8) is 0 Å². The summed E-state index contributed by atoms with van der Waals surface area (Å²) in [7, 11) is 1.94. The fourth-order valence-corrected chi connectivity index (χ4v) is 3.28. The summed E-state index contributed by atoms with van der Waals surface area (Å²) in [6.07, 6.45) is 0.847. The third-order valence-electron chi connectivity index (χ3n) is 4.19. The summed E-state index contributed by atoms with van der Waals surface area (Å²) in [5.74, 6) is 1.48. The fourth-order valence-electron chi connectivity index (χ4n) is 2.99. The van der Waals surface area contributed by atoms with Crippen LogP contribution in [0.15, 0.2) is 12.1 Å². The normalized spacial score (nSPS) is 17.0. The molecule has 1 saturated heterocycles. The van der Waals surface area contributed by atoms with Crippen LogP contribution in [0.2, 0.25) is 5.02 Å². The minimum absolute atomic E-state index is 0. The molecule has 0 aromatic heterocycles. The summed E-state index contributed by atoms with van der Waals surface area (Å²) in [6, 6.07) is 3.85. The van der Waals surface area contributed by atoms with E-state index in [1.807, 2.05) is 29.0 Å². The van der Waals surface area contributed by atoms with Gasteiger partial charge in [0.25, 0.3) is 0 Å². The largest absolute Gasteiger partial charge is 0.489 e. The topological polar surface area (TPSA) is 54.0 Å². The van der Waals surface area contributed by atoms with Crippen molar-refractivity contribution in [2.24, 2.45) is 0 Å². The van der Waals surface area contributed by atoms with E-state index in [9.17, 15) is 4.79 Å². The molecule has 0 aliphatic carbocycles. The molecule has 25 heavy (non-hydrogen) atoms. The second-order valence-corrected chi connectivity index (χ2v) is 6.67. The quantitative estimate of drug-likeness (QED) is 0.850. The van der Waals surface area contributed by atoms with E-state index in [0.29, 0.717) is 42.8 Å². The molecule has 1 N–H and O–H groups in total. The van der Waals surface area contributed by atoms with Crippen molar-refractivity contribution in [1.29, 1.82) is 0 Å². The fraction of sp³-hybridized carbons (Fsp3) is 0.588. The molecule has 2 heterocycles. The highest BCUT2D eigenvalue weighted by Gasteiger charge is 2.19. The molecule has 0 bridgehead atoms. The highest BCUT2D eigenvalue weighted by molar-refractivity contribution is 6.32. The molecule has 0 unspecified atom stereocenters. The van der Waals surface area contributed by atoms with Crippen LogP contribution in [0.4, 0.5) is 0 Å². The van der Waals surface area contributed by atoms with Gasteiger partial charge in [-0.05, 0) is 24.7 Å². The Morgan fingerprint density at radius 2 is 2.00 bits per heavy atom. The Kier molecular flexibility index (Phi) is 7.62. The van der Waals surface area contributed by atoms with Gasteiger partial charge in [0, 0.05) is 39.1 Å². The molecule has 8 heteroatoms. The number of fused-ring (bicyclic) bond motifs is 1. The third kappa shape index (κ3) is 5.38. The average Bonchev–Trinajstić information content (AvgIpc) is 2.81. The predicted octanol–water partition coefficient (Wildman–Crippen LogP) is 1.79. The molecule has 1 aromatic carbocycles. The zero-order chi connectivity index (χ0) is 16.9. The number of rotatable bonds is 4. The van der Waals surface area contributed by atoms with Crippen molar-refractivity contribution in [2.75, 3.05) is 53.0 Å². The number of nitrogens with zero attached hydrogens (tertiary/aromatic N) is 2. The van der Waals surface area contributed by atoms with Gasteiger partial charge in [0.15, 0.2) is 11.5 Å². The van der Waals surface area contributed by atoms with Crippen LogP contribution in [0, 0.1) is 0 Å². The van der Waals surface area contributed by atoms with Crippen LogP contribution < -0.4 is 14.8 Å². The lowest BCUT2D eigenvalue weighted by molar-refractivity contribution is -0.132. The van der Waals surface area contributed by atoms with Gasteiger partial charge in [-0.3, -0.25) is 9.69 Å². The van der Waals surface area contributed by atoms with Crippen molar-refractivity contribution in [3.05, 3.63) is 22.7 Å². The van der Waals surface area contributed by atoms with Gasteiger partial charge in [0.1, 0.15) is 0 Å². The van der Waals surface area contributed by atoms with E-state index in [4.69, 9.17) is 21.1 Å². The number of likely N-dealkylation sites (N-methyl/N-ethyl adjacent to an activating group) is 1. The number of nitrogens with one attached hydrogen (secondary N) is 1. The van der Waals surface area contributed by atoms with Crippen LogP contribution in [0.5, 0.6) is 11.5 Å². The lowest BCUT2D eigenvalue weighted by Gasteiger charge is -2.29. The molecule has 1 aromatic rings. The molecule has 0 spiro atoms. The van der Waals surface area contributed by atoms with Gasteiger partial charge in [0.05, 0.1) is 24.8 Å². The number of piperazine rings is 1. The Bertz CT molecular complexity index is 595. The number of hydrogen-bond acceptors (Lipinski definition) is 5. The maximum Gasteiger partial charge on any atom is 0.236 e. The second-order valence-electron chi connectivity index (χ2n) is 6.26. The average molecular weight is 390 g/mol. The van der Waals surface area contributed by atoms with E-state index in [2.05, 4.69) is 5.32 Å². The summed E-state index contributed by atoms with van der Waals surface area (Å²) in [6.45, 7) is 5.57. The maximum atomic E-state index is 12.3. The molecular weight excluding hydrogens is 365 g/mol. The van der Waals surface area contributed by atoms with Gasteiger partial charge in [-0.2, -0.15) is 0 Å². The lowest BCUT2D eigenvalue weighted by Crippen LogP contribution is -2.49. The number of benzene rings is 1.